The Kier molecular flexibility index (Phi) is 4.89. The van der Waals surface area contributed by atoms with Crippen molar-refractivity contribution < 1.29 is 36.0 Å². The van der Waals surface area contributed by atoms with Crippen LogP contribution in [0, 0.1) is 10.1 Å². The number of ether oxygens (including phenoxy) is 2. The lowest BCUT2D eigenvalue weighted by Gasteiger charge is -2.13. The summed E-state index contributed by atoms with van der Waals surface area (Å²) < 4.78 is 67.5. The Bertz CT molecular complexity index is 660. The van der Waals surface area contributed by atoms with Crippen LogP contribution in [0.3, 0.4) is 0 Å². The van der Waals surface area contributed by atoms with Gasteiger partial charge in [-0.2, -0.15) is 0 Å². The van der Waals surface area contributed by atoms with Crippen LogP contribution in [0.2, 0.25) is 0 Å². The molecule has 7 nitrogen and oxygen atoms in total. The normalized spacial score (nSPS) is 12.0. The zero-order chi connectivity index (χ0) is 16.4. The van der Waals surface area contributed by atoms with Gasteiger partial charge >= 0.3 is 12.0 Å². The van der Waals surface area contributed by atoms with Gasteiger partial charge in [-0.25, -0.2) is 8.42 Å². The second kappa shape index (κ2) is 5.93. The van der Waals surface area contributed by atoms with Crippen molar-refractivity contribution in [2.75, 3.05) is 6.61 Å². The molecule has 1 aromatic rings. The van der Waals surface area contributed by atoms with Crippen LogP contribution in [-0.4, -0.2) is 26.3 Å². The molecular weight excluding hydrogens is 343 g/mol. The second-order valence-corrected chi connectivity index (χ2v) is 5.98. The lowest BCUT2D eigenvalue weighted by atomic mass is 10.2. The van der Waals surface area contributed by atoms with E-state index in [0.717, 1.165) is 0 Å². The lowest BCUT2D eigenvalue weighted by Crippen LogP contribution is -2.18. The summed E-state index contributed by atoms with van der Waals surface area (Å²) in [5.41, 5.74) is -0.856. The van der Waals surface area contributed by atoms with Gasteiger partial charge in [0.15, 0.2) is 5.75 Å². The summed E-state index contributed by atoms with van der Waals surface area (Å²) in [5.74, 6) is -1.79. The molecule has 1 aromatic carbocycles. The standard InChI is InChI=1S/C9H7ClF3NO6S/c1-2-19-6-4-7(20-9(11,12)13)8(21(10,17)18)3-5(6)14(15)16/h3-4H,2H2,1H3. The molecule has 1 rings (SSSR count). The fourth-order valence-electron chi connectivity index (χ4n) is 1.34. The van der Waals surface area contributed by atoms with Crippen molar-refractivity contribution in [1.29, 1.82) is 0 Å². The average Bonchev–Trinajstić information content (AvgIpc) is 2.25. The summed E-state index contributed by atoms with van der Waals surface area (Å²) >= 11 is 0. The number of nitrogens with zero attached hydrogens (tertiary/aromatic N) is 1. The summed E-state index contributed by atoms with van der Waals surface area (Å²) in [7, 11) is 0.254. The van der Waals surface area contributed by atoms with Gasteiger partial charge in [-0.15, -0.1) is 13.2 Å². The molecule has 0 fully saturated rings. The molecule has 0 aromatic heterocycles. The molecule has 21 heavy (non-hydrogen) atoms. The van der Waals surface area contributed by atoms with Crippen molar-refractivity contribution in [1.82, 2.24) is 0 Å². The molecule has 0 aliphatic rings. The molecular formula is C9H7ClF3NO6S. The average molecular weight is 350 g/mol. The zero-order valence-corrected chi connectivity index (χ0v) is 11.8. The Morgan fingerprint density at radius 1 is 1.33 bits per heavy atom. The molecule has 0 saturated heterocycles. The molecule has 0 saturated carbocycles. The number of benzene rings is 1. The van der Waals surface area contributed by atoms with Crippen molar-refractivity contribution in [3.8, 4) is 11.5 Å². The van der Waals surface area contributed by atoms with E-state index in [0.29, 0.717) is 12.1 Å². The number of rotatable bonds is 5. The maximum absolute atomic E-state index is 12.3. The first-order valence-corrected chi connectivity index (χ1v) is 7.42. The third-order valence-corrected chi connectivity index (χ3v) is 3.35. The molecule has 12 heteroatoms. The van der Waals surface area contributed by atoms with Crippen LogP contribution in [0.4, 0.5) is 18.9 Å². The molecule has 0 aliphatic carbocycles. The van der Waals surface area contributed by atoms with Crippen molar-refractivity contribution in [2.45, 2.75) is 18.2 Å². The highest BCUT2D eigenvalue weighted by Gasteiger charge is 2.36. The third-order valence-electron chi connectivity index (χ3n) is 2.01. The first-order chi connectivity index (χ1) is 9.45. The van der Waals surface area contributed by atoms with Gasteiger partial charge in [-0.3, -0.25) is 10.1 Å². The first-order valence-electron chi connectivity index (χ1n) is 5.11. The van der Waals surface area contributed by atoms with Crippen molar-refractivity contribution >= 4 is 25.4 Å². The monoisotopic (exact) mass is 349 g/mol. The van der Waals surface area contributed by atoms with Crippen LogP contribution >= 0.6 is 10.7 Å². The van der Waals surface area contributed by atoms with E-state index in [4.69, 9.17) is 15.4 Å². The van der Waals surface area contributed by atoms with E-state index in [1.54, 1.807) is 0 Å². The Balaban J connectivity index is 3.60. The maximum Gasteiger partial charge on any atom is 0.573 e. The van der Waals surface area contributed by atoms with Crippen LogP contribution in [0.5, 0.6) is 11.5 Å². The second-order valence-electron chi connectivity index (χ2n) is 3.44. The minimum Gasteiger partial charge on any atom is -0.487 e. The Labute approximate surface area is 120 Å². The molecule has 0 unspecified atom stereocenters. The Morgan fingerprint density at radius 3 is 2.29 bits per heavy atom. The zero-order valence-electron chi connectivity index (χ0n) is 10.2. The van der Waals surface area contributed by atoms with E-state index in [-0.39, 0.29) is 6.61 Å². The highest BCUT2D eigenvalue weighted by molar-refractivity contribution is 8.13. The van der Waals surface area contributed by atoms with E-state index < -0.39 is 42.4 Å². The van der Waals surface area contributed by atoms with E-state index in [2.05, 4.69) is 4.74 Å². The van der Waals surface area contributed by atoms with Gasteiger partial charge in [0.25, 0.3) is 9.05 Å². The third kappa shape index (κ3) is 4.63. The van der Waals surface area contributed by atoms with E-state index in [9.17, 15) is 31.7 Å². The number of hydrogen-bond donors (Lipinski definition) is 0. The summed E-state index contributed by atoms with van der Waals surface area (Å²) in [6.07, 6.45) is -5.21. The summed E-state index contributed by atoms with van der Waals surface area (Å²) in [4.78, 5) is 8.59. The van der Waals surface area contributed by atoms with Crippen LogP contribution < -0.4 is 9.47 Å². The maximum atomic E-state index is 12.3. The SMILES string of the molecule is CCOc1cc(OC(F)(F)F)c(S(=O)(=O)Cl)cc1[N+](=O)[O-]. The van der Waals surface area contributed by atoms with E-state index in [1.165, 1.54) is 6.92 Å². The molecule has 118 valence electrons. The van der Waals surface area contributed by atoms with Gasteiger partial charge in [-0.05, 0) is 6.92 Å². The van der Waals surface area contributed by atoms with Gasteiger partial charge < -0.3 is 9.47 Å². The Hall–Kier alpha value is -1.75. The van der Waals surface area contributed by atoms with Gasteiger partial charge in [0.1, 0.15) is 4.90 Å². The number of nitro groups is 1. The smallest absolute Gasteiger partial charge is 0.487 e. The topological polar surface area (TPSA) is 95.7 Å². The van der Waals surface area contributed by atoms with Gasteiger partial charge in [0, 0.05) is 22.8 Å². The van der Waals surface area contributed by atoms with Gasteiger partial charge in [-0.1, -0.05) is 0 Å². The fourth-order valence-corrected chi connectivity index (χ4v) is 2.29. The largest absolute Gasteiger partial charge is 0.573 e. The summed E-state index contributed by atoms with van der Waals surface area (Å²) in [6, 6.07) is 0.790. The molecule has 0 aliphatic heterocycles. The van der Waals surface area contributed by atoms with Crippen LogP contribution in [0.1, 0.15) is 6.92 Å². The highest BCUT2D eigenvalue weighted by Crippen LogP contribution is 2.40. The molecule has 0 bridgehead atoms. The van der Waals surface area contributed by atoms with Gasteiger partial charge in [0.2, 0.25) is 5.75 Å². The van der Waals surface area contributed by atoms with E-state index >= 15 is 0 Å². The molecule has 0 N–H and O–H groups in total. The van der Waals surface area contributed by atoms with Crippen LogP contribution in [0.15, 0.2) is 17.0 Å². The predicted molar refractivity (Wildman–Crippen MR) is 64.0 cm³/mol. The number of alkyl halides is 3. The van der Waals surface area contributed by atoms with Crippen molar-refractivity contribution in [3.63, 3.8) is 0 Å². The molecule has 0 amide bonds. The molecule has 0 spiro atoms. The minimum atomic E-state index is -5.21. The van der Waals surface area contributed by atoms with Crippen LogP contribution in [-0.2, 0) is 9.05 Å². The van der Waals surface area contributed by atoms with Crippen molar-refractivity contribution in [2.24, 2.45) is 0 Å². The number of nitro benzene ring substituents is 1. The molecule has 0 radical (unpaired) electrons. The molecule has 0 heterocycles. The highest BCUT2D eigenvalue weighted by atomic mass is 35.7. The summed E-state index contributed by atoms with van der Waals surface area (Å²) in [6.45, 7) is 1.33. The van der Waals surface area contributed by atoms with Crippen molar-refractivity contribution in [3.05, 3.63) is 22.2 Å². The lowest BCUT2D eigenvalue weighted by molar-refractivity contribution is -0.386. The fraction of sp³-hybridized carbons (Fsp3) is 0.333. The van der Waals surface area contributed by atoms with E-state index in [1.807, 2.05) is 0 Å². The first kappa shape index (κ1) is 17.3. The number of hydrogen-bond acceptors (Lipinski definition) is 6. The van der Waals surface area contributed by atoms with Gasteiger partial charge in [0.05, 0.1) is 11.5 Å². The molecule has 0 atom stereocenters. The predicted octanol–water partition coefficient (Wildman–Crippen LogP) is 2.82. The minimum absolute atomic E-state index is 0.0979. The Morgan fingerprint density at radius 2 is 1.90 bits per heavy atom. The number of halogens is 4. The quantitative estimate of drug-likeness (QED) is 0.461. The van der Waals surface area contributed by atoms with Crippen LogP contribution in [0.25, 0.3) is 0 Å². The summed E-state index contributed by atoms with van der Waals surface area (Å²) in [5, 5.41) is 10.8.